The van der Waals surface area contributed by atoms with Gasteiger partial charge in [0.25, 0.3) is 5.91 Å². The van der Waals surface area contributed by atoms with Crippen LogP contribution >= 0.6 is 0 Å². The molecule has 0 atom stereocenters. The Balaban J connectivity index is 1.48. The molecule has 1 aliphatic carbocycles. The first-order valence-corrected chi connectivity index (χ1v) is 8.49. The van der Waals surface area contributed by atoms with Crippen LogP contribution in [0, 0.1) is 5.92 Å². The van der Waals surface area contributed by atoms with Crippen LogP contribution in [0.3, 0.4) is 0 Å². The van der Waals surface area contributed by atoms with E-state index in [4.69, 9.17) is 4.74 Å². The molecule has 0 saturated heterocycles. The molecule has 0 aromatic carbocycles. The number of carbonyl (C=O) groups is 1. The molecule has 4 rings (SSSR count). The summed E-state index contributed by atoms with van der Waals surface area (Å²) >= 11 is 0. The van der Waals surface area contributed by atoms with E-state index in [-0.39, 0.29) is 5.91 Å². The number of aromatic nitrogens is 4. The molecule has 1 aliphatic heterocycles. The number of pyridine rings is 1. The number of fused-ring (bicyclic) bond motifs is 1. The van der Waals surface area contributed by atoms with Crippen molar-refractivity contribution in [2.45, 2.75) is 39.0 Å². The van der Waals surface area contributed by atoms with Crippen molar-refractivity contribution in [3.63, 3.8) is 0 Å². The first-order chi connectivity index (χ1) is 11.8. The van der Waals surface area contributed by atoms with Crippen molar-refractivity contribution >= 4 is 5.91 Å². The molecular formula is C17H21N5O2. The van der Waals surface area contributed by atoms with E-state index in [0.29, 0.717) is 25.3 Å². The molecule has 126 valence electrons. The van der Waals surface area contributed by atoms with E-state index in [9.17, 15) is 4.79 Å². The Morgan fingerprint density at radius 3 is 3.04 bits per heavy atom. The van der Waals surface area contributed by atoms with Gasteiger partial charge in [-0.1, -0.05) is 5.21 Å². The van der Waals surface area contributed by atoms with Gasteiger partial charge in [0.1, 0.15) is 5.69 Å². The molecule has 1 fully saturated rings. The first kappa shape index (κ1) is 15.3. The lowest BCUT2D eigenvalue weighted by Gasteiger charge is -2.20. The smallest absolute Gasteiger partial charge is 0.255 e. The Kier molecular flexibility index (Phi) is 4.25. The summed E-state index contributed by atoms with van der Waals surface area (Å²) in [6.07, 6.45) is 6.69. The summed E-state index contributed by atoms with van der Waals surface area (Å²) in [4.78, 5) is 18.6. The van der Waals surface area contributed by atoms with E-state index in [1.54, 1.807) is 24.5 Å². The third-order valence-corrected chi connectivity index (χ3v) is 4.54. The zero-order valence-electron chi connectivity index (χ0n) is 13.6. The molecule has 2 aromatic heterocycles. The maximum atomic E-state index is 12.7. The molecular weight excluding hydrogens is 306 g/mol. The SMILES string of the molecule is O=C(c1cccnc1)N1CCCn2nnc(COCC3CC3)c2C1. The van der Waals surface area contributed by atoms with Gasteiger partial charge in [-0.25, -0.2) is 4.68 Å². The Bertz CT molecular complexity index is 711. The van der Waals surface area contributed by atoms with Crippen LogP contribution < -0.4 is 0 Å². The molecule has 0 unspecified atom stereocenters. The van der Waals surface area contributed by atoms with Crippen LogP contribution in [0.1, 0.15) is 41.0 Å². The second kappa shape index (κ2) is 6.68. The van der Waals surface area contributed by atoms with Gasteiger partial charge < -0.3 is 9.64 Å². The molecule has 3 heterocycles. The van der Waals surface area contributed by atoms with Gasteiger partial charge in [-0.3, -0.25) is 9.78 Å². The second-order valence-electron chi connectivity index (χ2n) is 6.49. The van der Waals surface area contributed by atoms with Crippen LogP contribution in [-0.4, -0.2) is 43.9 Å². The van der Waals surface area contributed by atoms with Crippen LogP contribution in [0.15, 0.2) is 24.5 Å². The maximum absolute atomic E-state index is 12.7. The van der Waals surface area contributed by atoms with Gasteiger partial charge in [0.2, 0.25) is 0 Å². The lowest BCUT2D eigenvalue weighted by molar-refractivity contribution is 0.0741. The van der Waals surface area contributed by atoms with Gasteiger partial charge in [0.05, 0.1) is 24.4 Å². The minimum Gasteiger partial charge on any atom is -0.375 e. The van der Waals surface area contributed by atoms with Crippen LogP contribution in [0.2, 0.25) is 0 Å². The van der Waals surface area contributed by atoms with Gasteiger partial charge in [-0.15, -0.1) is 5.10 Å². The zero-order chi connectivity index (χ0) is 16.4. The average Bonchev–Trinajstić information content (AvgIpc) is 3.40. The minimum atomic E-state index is 0.00241. The van der Waals surface area contributed by atoms with Crippen molar-refractivity contribution in [2.75, 3.05) is 13.2 Å². The topological polar surface area (TPSA) is 73.1 Å². The van der Waals surface area contributed by atoms with Crippen LogP contribution in [0.5, 0.6) is 0 Å². The molecule has 7 heteroatoms. The highest BCUT2D eigenvalue weighted by Crippen LogP contribution is 2.29. The number of hydrogen-bond acceptors (Lipinski definition) is 5. The van der Waals surface area contributed by atoms with E-state index in [1.807, 2.05) is 9.58 Å². The first-order valence-electron chi connectivity index (χ1n) is 8.49. The molecule has 2 aromatic rings. The fourth-order valence-electron chi connectivity index (χ4n) is 2.96. The van der Waals surface area contributed by atoms with Crippen LogP contribution in [-0.2, 0) is 24.4 Å². The Morgan fingerprint density at radius 2 is 2.25 bits per heavy atom. The monoisotopic (exact) mass is 327 g/mol. The van der Waals surface area contributed by atoms with E-state index in [2.05, 4.69) is 15.3 Å². The quantitative estimate of drug-likeness (QED) is 0.835. The van der Waals surface area contributed by atoms with Crippen molar-refractivity contribution in [1.82, 2.24) is 24.9 Å². The van der Waals surface area contributed by atoms with Crippen molar-refractivity contribution in [1.29, 1.82) is 0 Å². The van der Waals surface area contributed by atoms with E-state index in [1.165, 1.54) is 12.8 Å². The summed E-state index contributed by atoms with van der Waals surface area (Å²) < 4.78 is 7.67. The largest absolute Gasteiger partial charge is 0.375 e. The van der Waals surface area contributed by atoms with E-state index in [0.717, 1.165) is 36.9 Å². The van der Waals surface area contributed by atoms with Crippen molar-refractivity contribution in [2.24, 2.45) is 5.92 Å². The van der Waals surface area contributed by atoms with Gasteiger partial charge in [-0.2, -0.15) is 0 Å². The summed E-state index contributed by atoms with van der Waals surface area (Å²) in [5.74, 6) is 0.727. The van der Waals surface area contributed by atoms with Gasteiger partial charge in [0.15, 0.2) is 0 Å². The number of amides is 1. The Labute approximate surface area is 140 Å². The molecule has 0 N–H and O–H groups in total. The number of carbonyl (C=O) groups excluding carboxylic acids is 1. The molecule has 0 spiro atoms. The average molecular weight is 327 g/mol. The minimum absolute atomic E-state index is 0.00241. The highest BCUT2D eigenvalue weighted by atomic mass is 16.5. The number of aryl methyl sites for hydroxylation is 1. The number of rotatable bonds is 5. The highest BCUT2D eigenvalue weighted by molar-refractivity contribution is 5.93. The third kappa shape index (κ3) is 3.31. The molecule has 1 amide bonds. The highest BCUT2D eigenvalue weighted by Gasteiger charge is 2.25. The molecule has 7 nitrogen and oxygen atoms in total. The summed E-state index contributed by atoms with van der Waals surface area (Å²) in [6.45, 7) is 3.27. The standard InChI is InChI=1S/C17H21N5O2/c23-17(14-3-1-6-18-9-14)21-7-2-8-22-16(10-21)15(19-20-22)12-24-11-13-4-5-13/h1,3,6,9,13H,2,4-5,7-8,10-12H2. The summed E-state index contributed by atoms with van der Waals surface area (Å²) in [7, 11) is 0. The second-order valence-corrected chi connectivity index (χ2v) is 6.49. The summed E-state index contributed by atoms with van der Waals surface area (Å²) in [6, 6.07) is 3.59. The normalized spacial score (nSPS) is 17.4. The number of nitrogens with zero attached hydrogens (tertiary/aromatic N) is 5. The molecule has 0 radical (unpaired) electrons. The molecule has 1 saturated carbocycles. The summed E-state index contributed by atoms with van der Waals surface area (Å²) in [5.41, 5.74) is 2.45. The van der Waals surface area contributed by atoms with Gasteiger partial charge in [-0.05, 0) is 37.3 Å². The fourth-order valence-corrected chi connectivity index (χ4v) is 2.96. The fraction of sp³-hybridized carbons (Fsp3) is 0.529. The van der Waals surface area contributed by atoms with Gasteiger partial charge in [0, 0.05) is 32.1 Å². The zero-order valence-corrected chi connectivity index (χ0v) is 13.6. The van der Waals surface area contributed by atoms with Crippen molar-refractivity contribution in [3.8, 4) is 0 Å². The number of ether oxygens (including phenoxy) is 1. The predicted octanol–water partition coefficient (Wildman–Crippen LogP) is 1.65. The Hall–Kier alpha value is -2.28. The lowest BCUT2D eigenvalue weighted by Crippen LogP contribution is -2.31. The molecule has 0 bridgehead atoms. The van der Waals surface area contributed by atoms with E-state index < -0.39 is 0 Å². The predicted molar refractivity (Wildman–Crippen MR) is 86.0 cm³/mol. The molecule has 2 aliphatic rings. The third-order valence-electron chi connectivity index (χ3n) is 4.54. The van der Waals surface area contributed by atoms with E-state index >= 15 is 0 Å². The van der Waals surface area contributed by atoms with Crippen molar-refractivity contribution in [3.05, 3.63) is 41.5 Å². The van der Waals surface area contributed by atoms with Crippen LogP contribution in [0.4, 0.5) is 0 Å². The number of hydrogen-bond donors (Lipinski definition) is 0. The summed E-state index contributed by atoms with van der Waals surface area (Å²) in [5, 5.41) is 8.49. The Morgan fingerprint density at radius 1 is 1.33 bits per heavy atom. The van der Waals surface area contributed by atoms with Gasteiger partial charge >= 0.3 is 0 Å². The van der Waals surface area contributed by atoms with Crippen LogP contribution in [0.25, 0.3) is 0 Å². The molecule has 24 heavy (non-hydrogen) atoms. The lowest BCUT2D eigenvalue weighted by atomic mass is 10.2. The maximum Gasteiger partial charge on any atom is 0.255 e. The van der Waals surface area contributed by atoms with Crippen molar-refractivity contribution < 1.29 is 9.53 Å².